The van der Waals surface area contributed by atoms with Crippen LogP contribution < -0.4 is 10.1 Å². The Morgan fingerprint density at radius 1 is 1.39 bits per heavy atom. The molecule has 0 radical (unpaired) electrons. The van der Waals surface area contributed by atoms with Gasteiger partial charge < -0.3 is 10.1 Å². The monoisotopic (exact) mass is 247 g/mol. The van der Waals surface area contributed by atoms with Gasteiger partial charge in [0.2, 0.25) is 5.91 Å². The average molecular weight is 247 g/mol. The maximum Gasteiger partial charge on any atom is 0.220 e. The van der Waals surface area contributed by atoms with Crippen LogP contribution in [0.3, 0.4) is 0 Å². The van der Waals surface area contributed by atoms with Crippen LogP contribution in [-0.4, -0.2) is 12.5 Å². The van der Waals surface area contributed by atoms with E-state index in [9.17, 15) is 4.79 Å². The molecule has 3 heteroatoms. The predicted molar refractivity (Wildman–Crippen MR) is 71.6 cm³/mol. The van der Waals surface area contributed by atoms with Crippen LogP contribution in [0.2, 0.25) is 0 Å². The molecule has 18 heavy (non-hydrogen) atoms. The van der Waals surface area contributed by atoms with Gasteiger partial charge in [-0.3, -0.25) is 4.79 Å². The molecule has 0 aliphatic carbocycles. The molecule has 2 rings (SSSR count). The first-order chi connectivity index (χ1) is 8.81. The van der Waals surface area contributed by atoms with Crippen molar-refractivity contribution < 1.29 is 9.53 Å². The number of rotatable bonds is 5. The van der Waals surface area contributed by atoms with Crippen molar-refractivity contribution in [2.45, 2.75) is 45.1 Å². The van der Waals surface area contributed by atoms with Gasteiger partial charge in [-0.05, 0) is 12.5 Å². The number of amides is 1. The van der Waals surface area contributed by atoms with Gasteiger partial charge >= 0.3 is 0 Å². The van der Waals surface area contributed by atoms with Crippen LogP contribution >= 0.6 is 0 Å². The molecule has 1 aliphatic heterocycles. The first-order valence-electron chi connectivity index (χ1n) is 6.82. The Balaban J connectivity index is 1.92. The number of fused-ring (bicyclic) bond motifs is 1. The number of carbonyl (C=O) groups is 1. The highest BCUT2D eigenvalue weighted by atomic mass is 16.5. The lowest BCUT2D eigenvalue weighted by atomic mass is 10.0. The predicted octanol–water partition coefficient (Wildman–Crippen LogP) is 3.21. The van der Waals surface area contributed by atoms with Crippen molar-refractivity contribution in [3.63, 3.8) is 0 Å². The van der Waals surface area contributed by atoms with E-state index < -0.39 is 0 Å². The summed E-state index contributed by atoms with van der Waals surface area (Å²) in [7, 11) is 0. The first kappa shape index (κ1) is 12.9. The normalized spacial score (nSPS) is 17.7. The van der Waals surface area contributed by atoms with E-state index in [4.69, 9.17) is 4.74 Å². The van der Waals surface area contributed by atoms with Gasteiger partial charge in [0.05, 0.1) is 12.6 Å². The first-order valence-corrected chi connectivity index (χ1v) is 6.82. The van der Waals surface area contributed by atoms with Gasteiger partial charge in [-0.1, -0.05) is 38.0 Å². The second-order valence-corrected chi connectivity index (χ2v) is 4.75. The number of nitrogens with one attached hydrogen (secondary N) is 1. The summed E-state index contributed by atoms with van der Waals surface area (Å²) < 4.78 is 5.58. The van der Waals surface area contributed by atoms with Crippen molar-refractivity contribution in [2.24, 2.45) is 0 Å². The van der Waals surface area contributed by atoms with Crippen molar-refractivity contribution >= 4 is 5.91 Å². The number of unbranched alkanes of at least 4 members (excludes halogenated alkanes) is 2. The number of carbonyl (C=O) groups excluding carboxylic acids is 1. The van der Waals surface area contributed by atoms with Crippen LogP contribution in [0.1, 0.15) is 50.6 Å². The van der Waals surface area contributed by atoms with E-state index >= 15 is 0 Å². The highest BCUT2D eigenvalue weighted by molar-refractivity contribution is 5.76. The molecule has 98 valence electrons. The average Bonchev–Trinajstić information content (AvgIpc) is 2.39. The molecule has 3 nitrogen and oxygen atoms in total. The Bertz CT molecular complexity index is 403. The van der Waals surface area contributed by atoms with E-state index in [2.05, 4.69) is 12.2 Å². The van der Waals surface area contributed by atoms with Crippen LogP contribution in [0.5, 0.6) is 5.75 Å². The summed E-state index contributed by atoms with van der Waals surface area (Å²) in [6, 6.07) is 8.06. The minimum atomic E-state index is 0.115. The van der Waals surface area contributed by atoms with Gasteiger partial charge in [-0.15, -0.1) is 0 Å². The zero-order valence-corrected chi connectivity index (χ0v) is 10.9. The molecule has 0 bridgehead atoms. The molecule has 1 N–H and O–H groups in total. The third-order valence-corrected chi connectivity index (χ3v) is 3.30. The quantitative estimate of drug-likeness (QED) is 0.811. The Labute approximate surface area is 109 Å². The SMILES string of the molecule is CCCCCC(=O)N[C@H]1CCOc2ccccc21. The molecular weight excluding hydrogens is 226 g/mol. The number of ether oxygens (including phenoxy) is 1. The van der Waals surface area contributed by atoms with Gasteiger partial charge in [0.15, 0.2) is 0 Å². The van der Waals surface area contributed by atoms with E-state index in [0.29, 0.717) is 13.0 Å². The van der Waals surface area contributed by atoms with E-state index in [1.54, 1.807) is 0 Å². The van der Waals surface area contributed by atoms with Gasteiger partial charge in [0.25, 0.3) is 0 Å². The van der Waals surface area contributed by atoms with Gasteiger partial charge in [0.1, 0.15) is 5.75 Å². The van der Waals surface area contributed by atoms with Crippen LogP contribution in [0, 0.1) is 0 Å². The maximum absolute atomic E-state index is 11.8. The Morgan fingerprint density at radius 3 is 3.06 bits per heavy atom. The molecule has 1 aromatic carbocycles. The molecule has 1 aromatic rings. The number of hydrogen-bond donors (Lipinski definition) is 1. The summed E-state index contributed by atoms with van der Waals surface area (Å²) in [5, 5.41) is 3.12. The molecule has 1 amide bonds. The Kier molecular flexibility index (Phi) is 4.62. The van der Waals surface area contributed by atoms with Gasteiger partial charge in [-0.25, -0.2) is 0 Å². The lowest BCUT2D eigenvalue weighted by Gasteiger charge is -2.26. The molecule has 0 saturated heterocycles. The maximum atomic E-state index is 11.8. The van der Waals surface area contributed by atoms with E-state index in [1.807, 2.05) is 24.3 Å². The Hall–Kier alpha value is -1.51. The highest BCUT2D eigenvalue weighted by Crippen LogP contribution is 2.31. The second kappa shape index (κ2) is 6.43. The lowest BCUT2D eigenvalue weighted by molar-refractivity contribution is -0.122. The number of hydrogen-bond acceptors (Lipinski definition) is 2. The molecule has 0 aromatic heterocycles. The summed E-state index contributed by atoms with van der Waals surface area (Å²) in [6.45, 7) is 2.82. The molecule has 0 unspecified atom stereocenters. The Morgan fingerprint density at radius 2 is 2.22 bits per heavy atom. The fraction of sp³-hybridized carbons (Fsp3) is 0.533. The standard InChI is InChI=1S/C15H21NO2/c1-2-3-4-9-15(17)16-13-10-11-18-14-8-6-5-7-12(13)14/h5-8,13H,2-4,9-11H2,1H3,(H,16,17)/t13-/m0/s1. The summed E-state index contributed by atoms with van der Waals surface area (Å²) in [6.07, 6.45) is 4.74. The van der Waals surface area contributed by atoms with Crippen molar-refractivity contribution in [1.82, 2.24) is 5.32 Å². The fourth-order valence-corrected chi connectivity index (χ4v) is 2.29. The minimum absolute atomic E-state index is 0.115. The molecule has 0 saturated carbocycles. The summed E-state index contributed by atoms with van der Waals surface area (Å²) in [5.41, 5.74) is 1.10. The smallest absolute Gasteiger partial charge is 0.220 e. The van der Waals surface area contributed by atoms with Crippen molar-refractivity contribution in [1.29, 1.82) is 0 Å². The largest absolute Gasteiger partial charge is 0.493 e. The molecule has 1 atom stereocenters. The van der Waals surface area contributed by atoms with Crippen LogP contribution in [0.15, 0.2) is 24.3 Å². The van der Waals surface area contributed by atoms with E-state index in [1.165, 1.54) is 0 Å². The van der Waals surface area contributed by atoms with Crippen LogP contribution in [0.25, 0.3) is 0 Å². The zero-order chi connectivity index (χ0) is 12.8. The summed E-state index contributed by atoms with van der Waals surface area (Å²) >= 11 is 0. The molecule has 0 spiro atoms. The number of benzene rings is 1. The van der Waals surface area contributed by atoms with Crippen molar-refractivity contribution in [3.05, 3.63) is 29.8 Å². The van der Waals surface area contributed by atoms with Crippen LogP contribution in [0.4, 0.5) is 0 Å². The number of para-hydroxylation sites is 1. The highest BCUT2D eigenvalue weighted by Gasteiger charge is 2.22. The molecule has 1 aliphatic rings. The fourth-order valence-electron chi connectivity index (χ4n) is 2.29. The topological polar surface area (TPSA) is 38.3 Å². The minimum Gasteiger partial charge on any atom is -0.493 e. The summed E-state index contributed by atoms with van der Waals surface area (Å²) in [5.74, 6) is 1.06. The zero-order valence-electron chi connectivity index (χ0n) is 10.9. The lowest BCUT2D eigenvalue weighted by Crippen LogP contribution is -2.31. The third-order valence-electron chi connectivity index (χ3n) is 3.30. The summed E-state index contributed by atoms with van der Waals surface area (Å²) in [4.78, 5) is 11.8. The van der Waals surface area contributed by atoms with Gasteiger partial charge in [-0.2, -0.15) is 0 Å². The molecule has 0 fully saturated rings. The third kappa shape index (κ3) is 3.25. The second-order valence-electron chi connectivity index (χ2n) is 4.75. The molecule has 1 heterocycles. The van der Waals surface area contributed by atoms with Crippen LogP contribution in [-0.2, 0) is 4.79 Å². The van der Waals surface area contributed by atoms with Crippen molar-refractivity contribution in [2.75, 3.05) is 6.61 Å². The van der Waals surface area contributed by atoms with E-state index in [-0.39, 0.29) is 11.9 Å². The van der Waals surface area contributed by atoms with Crippen molar-refractivity contribution in [3.8, 4) is 5.75 Å². The molecular formula is C15H21NO2. The van der Waals surface area contributed by atoms with E-state index in [0.717, 1.165) is 37.0 Å². The van der Waals surface area contributed by atoms with Gasteiger partial charge in [0, 0.05) is 18.4 Å².